The first-order chi connectivity index (χ1) is 8.45. The number of nitrogens with zero attached hydrogens (tertiary/aromatic N) is 4. The fraction of sp³-hybridized carbons (Fsp3) is 0. The van der Waals surface area contributed by atoms with Gasteiger partial charge in [0.05, 0.1) is 5.65 Å². The van der Waals surface area contributed by atoms with E-state index in [2.05, 4.69) is 23.2 Å². The fourth-order valence-corrected chi connectivity index (χ4v) is 1.57. The molecule has 0 spiro atoms. The number of fused-ring (bicyclic) bond motifs is 3. The molecule has 0 aliphatic carbocycles. The second-order valence-corrected chi connectivity index (χ2v) is 2.97. The smallest absolute Gasteiger partial charge is 0.0603 e. The number of benzene rings is 1. The van der Waals surface area contributed by atoms with Crippen LogP contribution in [0, 0.1) is 29.7 Å². The van der Waals surface area contributed by atoms with Gasteiger partial charge in [-0.05, 0) is 6.20 Å². The van der Waals surface area contributed by atoms with Crippen LogP contribution in [-0.4, -0.2) is 9.38 Å². The summed E-state index contributed by atoms with van der Waals surface area (Å²) in [5.74, 6) is 0. The van der Waals surface area contributed by atoms with Crippen molar-refractivity contribution in [2.45, 2.75) is 0 Å². The monoisotopic (exact) mass is 282 g/mol. The van der Waals surface area contributed by atoms with E-state index >= 15 is 0 Å². The molecule has 0 aliphatic heterocycles. The quantitative estimate of drug-likeness (QED) is 0.470. The van der Waals surface area contributed by atoms with Crippen LogP contribution in [-0.2, 0) is 17.1 Å². The molecule has 2 aromatic heterocycles. The number of hydrogen-bond donors (Lipinski definition) is 0. The number of aromatic nitrogens is 2. The van der Waals surface area contributed by atoms with Crippen molar-refractivity contribution < 1.29 is 17.1 Å². The molecule has 2 heterocycles. The third kappa shape index (κ3) is 2.87. The van der Waals surface area contributed by atoms with E-state index < -0.39 is 0 Å². The first kappa shape index (κ1) is 15.7. The standard InChI is InChI=1S/C11H7N2.2CN.Cu/c1-2-4-10-9(3-1)5-7-13-8-6-12-11(10)13;2*1-2;/h1-3,5-8H;;;/q3*-1;. The molecule has 4 nitrogen and oxygen atoms in total. The van der Waals surface area contributed by atoms with Crippen LogP contribution in [0.1, 0.15) is 0 Å². The van der Waals surface area contributed by atoms with Gasteiger partial charge >= 0.3 is 0 Å². The minimum atomic E-state index is 0. The van der Waals surface area contributed by atoms with Gasteiger partial charge in [0.25, 0.3) is 0 Å². The van der Waals surface area contributed by atoms with Gasteiger partial charge in [-0.1, -0.05) is 6.07 Å². The van der Waals surface area contributed by atoms with E-state index in [0.29, 0.717) is 0 Å². The van der Waals surface area contributed by atoms with Crippen LogP contribution in [0.15, 0.2) is 42.9 Å². The topological polar surface area (TPSA) is 64.9 Å². The predicted octanol–water partition coefficient (Wildman–Crippen LogP) is 2.48. The maximum Gasteiger partial charge on any atom is 0.0603 e. The van der Waals surface area contributed by atoms with Gasteiger partial charge in [0, 0.05) is 29.5 Å². The van der Waals surface area contributed by atoms with Crippen molar-refractivity contribution in [3.8, 4) is 0 Å². The summed E-state index contributed by atoms with van der Waals surface area (Å²) < 4.78 is 2.00. The van der Waals surface area contributed by atoms with Crippen molar-refractivity contribution in [1.29, 1.82) is 10.5 Å². The van der Waals surface area contributed by atoms with E-state index in [0.717, 1.165) is 11.0 Å². The summed E-state index contributed by atoms with van der Waals surface area (Å²) in [6.45, 7) is 9.50. The second-order valence-electron chi connectivity index (χ2n) is 2.97. The summed E-state index contributed by atoms with van der Waals surface area (Å²) in [6, 6.07) is 11.2. The van der Waals surface area contributed by atoms with Crippen molar-refractivity contribution in [1.82, 2.24) is 9.38 Å². The van der Waals surface area contributed by atoms with Gasteiger partial charge in [0.15, 0.2) is 0 Å². The third-order valence-corrected chi connectivity index (χ3v) is 2.20. The zero-order valence-electron chi connectivity index (χ0n) is 9.13. The predicted molar refractivity (Wildman–Crippen MR) is 61.5 cm³/mol. The minimum Gasteiger partial charge on any atom is -0.512 e. The maximum atomic E-state index is 6.25. The normalized spacial score (nSPS) is 8.22. The van der Waals surface area contributed by atoms with Crippen LogP contribution in [0.2, 0.25) is 0 Å². The zero-order chi connectivity index (χ0) is 12.7. The zero-order valence-corrected chi connectivity index (χ0v) is 10.1. The molecule has 0 saturated carbocycles. The van der Waals surface area contributed by atoms with Gasteiger partial charge in [0.2, 0.25) is 0 Å². The Morgan fingerprint density at radius 2 is 1.83 bits per heavy atom. The van der Waals surface area contributed by atoms with Gasteiger partial charge in [-0.15, -0.1) is 35.0 Å². The average molecular weight is 283 g/mol. The second kappa shape index (κ2) is 7.86. The van der Waals surface area contributed by atoms with Gasteiger partial charge in [0.1, 0.15) is 0 Å². The number of pyridine rings is 1. The van der Waals surface area contributed by atoms with Crippen LogP contribution < -0.4 is 0 Å². The summed E-state index contributed by atoms with van der Waals surface area (Å²) >= 11 is 0. The molecule has 1 radical (unpaired) electrons. The molecule has 3 aromatic rings. The van der Waals surface area contributed by atoms with E-state index in [-0.39, 0.29) is 17.1 Å². The molecule has 3 rings (SSSR count). The van der Waals surface area contributed by atoms with Gasteiger partial charge in [-0.25, -0.2) is 0 Å². The summed E-state index contributed by atoms with van der Waals surface area (Å²) in [7, 11) is 0. The maximum absolute atomic E-state index is 6.25. The van der Waals surface area contributed by atoms with Crippen LogP contribution in [0.25, 0.3) is 16.4 Å². The van der Waals surface area contributed by atoms with Crippen molar-refractivity contribution in [3.63, 3.8) is 0 Å². The summed E-state index contributed by atoms with van der Waals surface area (Å²) in [6.07, 6.45) is 5.75. The van der Waals surface area contributed by atoms with Gasteiger partial charge < -0.3 is 28.1 Å². The molecule has 0 N–H and O–H groups in total. The van der Waals surface area contributed by atoms with E-state index in [9.17, 15) is 0 Å². The molecule has 0 fully saturated rings. The Balaban J connectivity index is 0.000000531. The summed E-state index contributed by atoms with van der Waals surface area (Å²) in [5.41, 5.74) is 0.970. The Morgan fingerprint density at radius 3 is 2.56 bits per heavy atom. The Kier molecular flexibility index (Phi) is 6.85. The van der Waals surface area contributed by atoms with Crippen molar-refractivity contribution in [2.24, 2.45) is 0 Å². The van der Waals surface area contributed by atoms with Crippen molar-refractivity contribution in [2.75, 3.05) is 0 Å². The molecular formula is C13H7CuN4-3. The Labute approximate surface area is 116 Å². The SMILES string of the molecule is [C-]#N.[C-]#N.[Cu].[c-]1cccc2ccn3ccnc3c12. The molecule has 0 atom stereocenters. The van der Waals surface area contributed by atoms with Crippen LogP contribution >= 0.6 is 0 Å². The molecule has 0 amide bonds. The van der Waals surface area contributed by atoms with E-state index in [1.54, 1.807) is 6.20 Å². The Bertz CT molecular complexity index is 648. The minimum absolute atomic E-state index is 0. The van der Waals surface area contributed by atoms with Crippen LogP contribution in [0.4, 0.5) is 0 Å². The molecule has 5 heteroatoms. The summed E-state index contributed by atoms with van der Waals surface area (Å²) in [4.78, 5) is 4.28. The Morgan fingerprint density at radius 1 is 1.11 bits per heavy atom. The Hall–Kier alpha value is -2.33. The largest absolute Gasteiger partial charge is 0.512 e. The molecule has 0 saturated heterocycles. The molecule has 18 heavy (non-hydrogen) atoms. The molecule has 0 unspecified atom stereocenters. The van der Waals surface area contributed by atoms with Crippen molar-refractivity contribution >= 4 is 16.4 Å². The van der Waals surface area contributed by atoms with E-state index in [1.807, 2.05) is 28.9 Å². The molecule has 0 bridgehead atoms. The molecular weight excluding hydrogens is 276 g/mol. The van der Waals surface area contributed by atoms with E-state index in [1.165, 1.54) is 5.39 Å². The number of imidazole rings is 1. The number of hydrogen-bond acceptors (Lipinski definition) is 3. The summed E-state index contributed by atoms with van der Waals surface area (Å²) in [5, 5.41) is 14.8. The first-order valence-electron chi connectivity index (χ1n) is 4.62. The molecule has 93 valence electrons. The first-order valence-corrected chi connectivity index (χ1v) is 4.62. The van der Waals surface area contributed by atoms with Gasteiger partial charge in [-0.2, -0.15) is 0 Å². The van der Waals surface area contributed by atoms with Crippen LogP contribution in [0.3, 0.4) is 0 Å². The molecule has 1 aromatic carbocycles. The van der Waals surface area contributed by atoms with E-state index in [4.69, 9.17) is 23.7 Å². The fourth-order valence-electron chi connectivity index (χ4n) is 1.57. The van der Waals surface area contributed by atoms with Gasteiger partial charge in [-0.3, -0.25) is 4.98 Å². The third-order valence-electron chi connectivity index (χ3n) is 2.20. The number of rotatable bonds is 0. The van der Waals surface area contributed by atoms with Crippen molar-refractivity contribution in [3.05, 3.63) is 62.1 Å². The van der Waals surface area contributed by atoms with Crippen LogP contribution in [0.5, 0.6) is 0 Å². The molecule has 0 aliphatic rings. The average Bonchev–Trinajstić information content (AvgIpc) is 2.92.